The van der Waals surface area contributed by atoms with Crippen LogP contribution in [-0.4, -0.2) is 10.0 Å². The van der Waals surface area contributed by atoms with E-state index in [9.17, 15) is 9.46 Å². The summed E-state index contributed by atoms with van der Waals surface area (Å²) >= 11 is 0. The number of hydrogen-bond donors (Lipinski definition) is 1. The highest BCUT2D eigenvalue weighted by atomic mass is 31.2. The molecule has 1 aromatic rings. The van der Waals surface area contributed by atoms with E-state index >= 15 is 0 Å². The minimum atomic E-state index is -3.40. The summed E-state index contributed by atoms with van der Waals surface area (Å²) in [7, 11) is -3.40. The fourth-order valence-electron chi connectivity index (χ4n) is 4.36. The minimum absolute atomic E-state index is 0.468. The SMILES string of the molecule is CCCCCC/C(=C\c1ccccc1)P(=O)(O)C1(C)CCC(C(C)C)CC1. The molecular weight excluding hydrogens is 351 g/mol. The monoisotopic (exact) mass is 390 g/mol. The lowest BCUT2D eigenvalue weighted by atomic mass is 9.77. The molecule has 1 aliphatic rings. The third-order valence-corrected chi connectivity index (χ3v) is 9.63. The molecule has 2 nitrogen and oxygen atoms in total. The van der Waals surface area contributed by atoms with Gasteiger partial charge < -0.3 is 4.89 Å². The molecule has 27 heavy (non-hydrogen) atoms. The number of rotatable bonds is 9. The Hall–Kier alpha value is -0.850. The van der Waals surface area contributed by atoms with Crippen LogP contribution >= 0.6 is 7.37 Å². The largest absolute Gasteiger partial charge is 0.341 e. The van der Waals surface area contributed by atoms with Crippen molar-refractivity contribution in [1.82, 2.24) is 0 Å². The zero-order chi connectivity index (χ0) is 19.9. The van der Waals surface area contributed by atoms with Crippen LogP contribution < -0.4 is 0 Å². The van der Waals surface area contributed by atoms with Crippen molar-refractivity contribution in [2.45, 2.75) is 90.6 Å². The van der Waals surface area contributed by atoms with Crippen molar-refractivity contribution < 1.29 is 9.46 Å². The summed E-state index contributed by atoms with van der Waals surface area (Å²) in [6, 6.07) is 10.1. The van der Waals surface area contributed by atoms with Crippen LogP contribution in [0.4, 0.5) is 0 Å². The Kier molecular flexibility index (Phi) is 8.38. The number of hydrogen-bond acceptors (Lipinski definition) is 1. The number of unbranched alkanes of at least 4 members (excludes halogenated alkanes) is 3. The highest BCUT2D eigenvalue weighted by molar-refractivity contribution is 7.64. The first-order chi connectivity index (χ1) is 12.8. The second-order valence-electron chi connectivity index (χ2n) is 9.01. The fourth-order valence-corrected chi connectivity index (χ4v) is 6.71. The Bertz CT molecular complexity index is 640. The van der Waals surface area contributed by atoms with E-state index in [1.807, 2.05) is 36.4 Å². The van der Waals surface area contributed by atoms with Gasteiger partial charge in [-0.25, -0.2) is 0 Å². The maximum atomic E-state index is 13.8. The first kappa shape index (κ1) is 22.4. The third-order valence-electron chi connectivity index (χ3n) is 6.59. The van der Waals surface area contributed by atoms with Crippen LogP contribution in [-0.2, 0) is 4.57 Å². The molecule has 1 aromatic carbocycles. The second-order valence-corrected chi connectivity index (χ2v) is 11.8. The van der Waals surface area contributed by atoms with Crippen molar-refractivity contribution in [2.24, 2.45) is 11.8 Å². The predicted molar refractivity (Wildman–Crippen MR) is 118 cm³/mol. The van der Waals surface area contributed by atoms with Gasteiger partial charge in [0.05, 0.1) is 0 Å². The van der Waals surface area contributed by atoms with Crippen molar-refractivity contribution in [2.75, 3.05) is 0 Å². The van der Waals surface area contributed by atoms with E-state index in [0.29, 0.717) is 11.8 Å². The topological polar surface area (TPSA) is 37.3 Å². The maximum absolute atomic E-state index is 13.8. The molecule has 152 valence electrons. The average Bonchev–Trinajstić information content (AvgIpc) is 2.65. The van der Waals surface area contributed by atoms with Crippen molar-refractivity contribution >= 4 is 13.4 Å². The van der Waals surface area contributed by atoms with E-state index < -0.39 is 12.5 Å². The normalized spacial score (nSPS) is 26.1. The van der Waals surface area contributed by atoms with E-state index in [-0.39, 0.29) is 0 Å². The van der Waals surface area contributed by atoms with Crippen molar-refractivity contribution in [3.05, 3.63) is 41.2 Å². The molecule has 0 spiro atoms. The van der Waals surface area contributed by atoms with E-state index in [1.165, 1.54) is 12.8 Å². The first-order valence-corrected chi connectivity index (χ1v) is 12.5. The van der Waals surface area contributed by atoms with Crippen molar-refractivity contribution in [3.8, 4) is 0 Å². The molecular formula is C24H39O2P. The lowest BCUT2D eigenvalue weighted by molar-refractivity contribution is 0.236. The Balaban J connectivity index is 2.24. The van der Waals surface area contributed by atoms with Gasteiger partial charge in [0.25, 0.3) is 0 Å². The van der Waals surface area contributed by atoms with Crippen LogP contribution in [0.5, 0.6) is 0 Å². The smallest absolute Gasteiger partial charge is 0.231 e. The second kappa shape index (κ2) is 10.1. The van der Waals surface area contributed by atoms with Crippen LogP contribution in [0.1, 0.15) is 91.0 Å². The molecule has 1 fully saturated rings. The van der Waals surface area contributed by atoms with Crippen LogP contribution in [0, 0.1) is 11.8 Å². The van der Waals surface area contributed by atoms with Gasteiger partial charge in [-0.3, -0.25) is 4.57 Å². The Morgan fingerprint density at radius 1 is 1.19 bits per heavy atom. The lowest BCUT2D eigenvalue weighted by Crippen LogP contribution is -2.33. The van der Waals surface area contributed by atoms with E-state index in [2.05, 4.69) is 27.7 Å². The van der Waals surface area contributed by atoms with Gasteiger partial charge in [0.15, 0.2) is 0 Å². The molecule has 0 saturated heterocycles. The Morgan fingerprint density at radius 2 is 1.81 bits per heavy atom. The average molecular weight is 391 g/mol. The molecule has 0 aromatic heterocycles. The van der Waals surface area contributed by atoms with Crippen molar-refractivity contribution in [1.29, 1.82) is 0 Å². The van der Waals surface area contributed by atoms with Crippen LogP contribution in [0.15, 0.2) is 35.6 Å². The summed E-state index contributed by atoms with van der Waals surface area (Å²) in [4.78, 5) is 11.4. The summed E-state index contributed by atoms with van der Waals surface area (Å²) in [5.74, 6) is 1.37. The van der Waals surface area contributed by atoms with Crippen LogP contribution in [0.3, 0.4) is 0 Å². The zero-order valence-electron chi connectivity index (χ0n) is 17.8. The quantitative estimate of drug-likeness (QED) is 0.344. The lowest BCUT2D eigenvalue weighted by Gasteiger charge is -2.42. The number of benzene rings is 1. The van der Waals surface area contributed by atoms with Gasteiger partial charge in [-0.2, -0.15) is 0 Å². The molecule has 1 saturated carbocycles. The molecule has 2 rings (SSSR count). The van der Waals surface area contributed by atoms with Gasteiger partial charge in [0, 0.05) is 10.5 Å². The zero-order valence-corrected chi connectivity index (χ0v) is 18.7. The van der Waals surface area contributed by atoms with Gasteiger partial charge >= 0.3 is 0 Å². The van der Waals surface area contributed by atoms with Crippen LogP contribution in [0.25, 0.3) is 6.08 Å². The maximum Gasteiger partial charge on any atom is 0.231 e. The molecule has 0 heterocycles. The molecule has 0 amide bonds. The first-order valence-electron chi connectivity index (χ1n) is 10.9. The summed E-state index contributed by atoms with van der Waals surface area (Å²) in [5, 5.41) is 0.319. The standard InChI is InChI=1S/C24H39O2P/c1-5-6-7-11-14-23(19-21-12-9-8-10-13-21)27(25,26)24(4)17-15-22(16-18-24)20(2)3/h8-10,12-13,19-20,22H,5-7,11,14-18H2,1-4H3,(H,25,26)/b23-19+. The van der Waals surface area contributed by atoms with Crippen molar-refractivity contribution in [3.63, 3.8) is 0 Å². The highest BCUT2D eigenvalue weighted by Gasteiger charge is 2.47. The molecule has 0 radical (unpaired) electrons. The molecule has 1 N–H and O–H groups in total. The van der Waals surface area contributed by atoms with Gasteiger partial charge in [-0.05, 0) is 62.0 Å². The summed E-state index contributed by atoms with van der Waals surface area (Å²) in [6.07, 6.45) is 11.1. The Morgan fingerprint density at radius 3 is 2.37 bits per heavy atom. The van der Waals surface area contributed by atoms with Gasteiger partial charge in [-0.15, -0.1) is 0 Å². The fraction of sp³-hybridized carbons (Fsp3) is 0.667. The van der Waals surface area contributed by atoms with Gasteiger partial charge in [0.1, 0.15) is 0 Å². The molecule has 0 bridgehead atoms. The van der Waals surface area contributed by atoms with Gasteiger partial charge in [-0.1, -0.05) is 77.3 Å². The van der Waals surface area contributed by atoms with E-state index in [0.717, 1.165) is 55.8 Å². The van der Waals surface area contributed by atoms with E-state index in [4.69, 9.17) is 0 Å². The highest BCUT2D eigenvalue weighted by Crippen LogP contribution is 2.67. The molecule has 1 unspecified atom stereocenters. The molecule has 0 aliphatic heterocycles. The Labute approximate surface area is 166 Å². The molecule has 1 atom stereocenters. The van der Waals surface area contributed by atoms with Crippen LogP contribution in [0.2, 0.25) is 0 Å². The number of allylic oxidation sites excluding steroid dienone is 1. The predicted octanol–water partition coefficient (Wildman–Crippen LogP) is 7.87. The van der Waals surface area contributed by atoms with Gasteiger partial charge in [0.2, 0.25) is 7.37 Å². The summed E-state index contributed by atoms with van der Waals surface area (Å²) in [5.41, 5.74) is 1.04. The summed E-state index contributed by atoms with van der Waals surface area (Å²) < 4.78 is 13.8. The minimum Gasteiger partial charge on any atom is -0.341 e. The third kappa shape index (κ3) is 5.81. The molecule has 1 aliphatic carbocycles. The molecule has 3 heteroatoms. The van der Waals surface area contributed by atoms with E-state index in [1.54, 1.807) is 0 Å². The summed E-state index contributed by atoms with van der Waals surface area (Å²) in [6.45, 7) is 8.82.